The summed E-state index contributed by atoms with van der Waals surface area (Å²) in [6, 6.07) is 15.4. The zero-order chi connectivity index (χ0) is 20.4. The summed E-state index contributed by atoms with van der Waals surface area (Å²) in [7, 11) is 2.00. The molecule has 1 amide bonds. The molecule has 2 aromatic rings. The molecule has 0 unspecified atom stereocenters. The molecular weight excluding hydrogens is 503 g/mol. The number of rotatable bonds is 9. The van der Waals surface area contributed by atoms with E-state index in [0.717, 1.165) is 35.1 Å². The molecule has 0 aliphatic carbocycles. The van der Waals surface area contributed by atoms with Crippen LogP contribution in [0.1, 0.15) is 18.1 Å². The first kappa shape index (κ1) is 25.0. The number of primary amides is 1. The van der Waals surface area contributed by atoms with Gasteiger partial charge in [0.15, 0.2) is 12.6 Å². The van der Waals surface area contributed by atoms with Crippen LogP contribution >= 0.6 is 35.6 Å². The SMILES string of the molecule is CCNC(=NCCc1ccc(OCC(N)=O)cc1)N(C)Cc1ccccc1Cl.I. The number of hydrogen-bond acceptors (Lipinski definition) is 3. The van der Waals surface area contributed by atoms with E-state index in [4.69, 9.17) is 27.1 Å². The predicted molar refractivity (Wildman–Crippen MR) is 129 cm³/mol. The maximum absolute atomic E-state index is 10.8. The molecule has 0 aliphatic heterocycles. The third-order valence-electron chi connectivity index (χ3n) is 4.03. The second-order valence-corrected chi connectivity index (χ2v) is 6.74. The van der Waals surface area contributed by atoms with Crippen LogP contribution in [0, 0.1) is 0 Å². The van der Waals surface area contributed by atoms with E-state index >= 15 is 0 Å². The monoisotopic (exact) mass is 530 g/mol. The van der Waals surface area contributed by atoms with Crippen LogP contribution in [0.15, 0.2) is 53.5 Å². The number of benzene rings is 2. The lowest BCUT2D eigenvalue weighted by Gasteiger charge is -2.22. The summed E-state index contributed by atoms with van der Waals surface area (Å²) in [5.74, 6) is 0.970. The zero-order valence-electron chi connectivity index (χ0n) is 16.7. The van der Waals surface area contributed by atoms with Crippen LogP contribution in [0.4, 0.5) is 0 Å². The molecule has 0 aromatic heterocycles. The van der Waals surface area contributed by atoms with Gasteiger partial charge in [0.05, 0.1) is 0 Å². The summed E-state index contributed by atoms with van der Waals surface area (Å²) in [5.41, 5.74) is 7.27. The maximum atomic E-state index is 10.8. The lowest BCUT2D eigenvalue weighted by Crippen LogP contribution is -2.38. The van der Waals surface area contributed by atoms with Crippen molar-refractivity contribution in [2.45, 2.75) is 19.9 Å². The molecule has 0 spiro atoms. The average molecular weight is 531 g/mol. The molecule has 3 N–H and O–H groups in total. The fraction of sp³-hybridized carbons (Fsp3) is 0.333. The Morgan fingerprint density at radius 2 is 1.90 bits per heavy atom. The molecule has 8 heteroatoms. The van der Waals surface area contributed by atoms with Gasteiger partial charge in [0.2, 0.25) is 0 Å². The molecule has 0 aliphatic rings. The number of carbonyl (C=O) groups excluding carboxylic acids is 1. The quantitative estimate of drug-likeness (QED) is 0.296. The van der Waals surface area contributed by atoms with E-state index < -0.39 is 5.91 Å². The number of ether oxygens (including phenoxy) is 1. The van der Waals surface area contributed by atoms with Crippen LogP contribution in [0.5, 0.6) is 5.75 Å². The molecule has 0 fully saturated rings. The Bertz CT molecular complexity index is 800. The van der Waals surface area contributed by atoms with Gasteiger partial charge in [-0.05, 0) is 42.7 Å². The van der Waals surface area contributed by atoms with Crippen LogP contribution in [-0.2, 0) is 17.8 Å². The van der Waals surface area contributed by atoms with Crippen molar-refractivity contribution in [2.75, 3.05) is 26.7 Å². The molecule has 0 saturated carbocycles. The normalized spacial score (nSPS) is 10.8. The van der Waals surface area contributed by atoms with Crippen molar-refractivity contribution in [3.8, 4) is 5.75 Å². The van der Waals surface area contributed by atoms with E-state index in [2.05, 4.69) is 10.2 Å². The molecule has 0 atom stereocenters. The Kier molecular flexibility index (Phi) is 11.5. The van der Waals surface area contributed by atoms with Crippen LogP contribution in [0.25, 0.3) is 0 Å². The van der Waals surface area contributed by atoms with Crippen molar-refractivity contribution < 1.29 is 9.53 Å². The second kappa shape index (κ2) is 13.3. The fourth-order valence-corrected chi connectivity index (χ4v) is 2.82. The van der Waals surface area contributed by atoms with Crippen molar-refractivity contribution in [3.05, 3.63) is 64.7 Å². The minimum Gasteiger partial charge on any atom is -0.484 e. The van der Waals surface area contributed by atoms with Gasteiger partial charge in [-0.1, -0.05) is 41.9 Å². The molecule has 0 heterocycles. The Hall–Kier alpha value is -2.00. The number of nitrogens with two attached hydrogens (primary N) is 1. The van der Waals surface area contributed by atoms with Crippen molar-refractivity contribution in [2.24, 2.45) is 10.7 Å². The number of aliphatic imine (C=N–C) groups is 1. The van der Waals surface area contributed by atoms with Crippen molar-refractivity contribution in [3.63, 3.8) is 0 Å². The highest BCUT2D eigenvalue weighted by atomic mass is 127. The highest BCUT2D eigenvalue weighted by Crippen LogP contribution is 2.16. The number of carbonyl (C=O) groups is 1. The molecule has 6 nitrogen and oxygen atoms in total. The van der Waals surface area contributed by atoms with Gasteiger partial charge < -0.3 is 20.7 Å². The molecule has 0 bridgehead atoms. The molecule has 2 aromatic carbocycles. The maximum Gasteiger partial charge on any atom is 0.255 e. The van der Waals surface area contributed by atoms with E-state index in [1.165, 1.54) is 0 Å². The number of amides is 1. The van der Waals surface area contributed by atoms with Crippen LogP contribution in [0.3, 0.4) is 0 Å². The number of guanidine groups is 1. The predicted octanol–water partition coefficient (Wildman–Crippen LogP) is 3.46. The average Bonchev–Trinajstić information content (AvgIpc) is 2.68. The summed E-state index contributed by atoms with van der Waals surface area (Å²) in [6.07, 6.45) is 0.797. The molecule has 0 radical (unpaired) electrons. The summed E-state index contributed by atoms with van der Waals surface area (Å²) >= 11 is 6.26. The van der Waals surface area contributed by atoms with Gasteiger partial charge in [-0.15, -0.1) is 24.0 Å². The van der Waals surface area contributed by atoms with Crippen molar-refractivity contribution in [1.82, 2.24) is 10.2 Å². The molecule has 158 valence electrons. The first-order valence-electron chi connectivity index (χ1n) is 9.22. The largest absolute Gasteiger partial charge is 0.484 e. The van der Waals surface area contributed by atoms with Gasteiger partial charge >= 0.3 is 0 Å². The molecule has 29 heavy (non-hydrogen) atoms. The summed E-state index contributed by atoms with van der Waals surface area (Å²) < 4.78 is 5.27. The van der Waals surface area contributed by atoms with E-state index in [0.29, 0.717) is 18.8 Å². The minimum absolute atomic E-state index is 0. The summed E-state index contributed by atoms with van der Waals surface area (Å²) in [6.45, 7) is 4.04. The standard InChI is InChI=1S/C21H27ClN4O2.HI/c1-3-24-21(26(2)14-17-6-4-5-7-19(17)22)25-13-12-16-8-10-18(11-9-16)28-15-20(23)27;/h4-11H,3,12-15H2,1-2H3,(H2,23,27)(H,24,25);1H. The lowest BCUT2D eigenvalue weighted by molar-refractivity contribution is -0.119. The Balaban J connectivity index is 0.00000420. The highest BCUT2D eigenvalue weighted by molar-refractivity contribution is 14.0. The molecular formula is C21H28ClIN4O2. The van der Waals surface area contributed by atoms with Gasteiger partial charge in [-0.3, -0.25) is 9.79 Å². The second-order valence-electron chi connectivity index (χ2n) is 6.33. The Labute approximate surface area is 194 Å². The first-order chi connectivity index (χ1) is 13.5. The number of hydrogen-bond donors (Lipinski definition) is 2. The Morgan fingerprint density at radius 1 is 1.21 bits per heavy atom. The topological polar surface area (TPSA) is 80.0 Å². The number of halogens is 2. The first-order valence-corrected chi connectivity index (χ1v) is 9.60. The van der Waals surface area contributed by atoms with Gasteiger partial charge in [0, 0.05) is 31.7 Å². The summed E-state index contributed by atoms with van der Waals surface area (Å²) in [4.78, 5) is 17.5. The highest BCUT2D eigenvalue weighted by Gasteiger charge is 2.08. The van der Waals surface area contributed by atoms with Gasteiger partial charge in [-0.2, -0.15) is 0 Å². The zero-order valence-corrected chi connectivity index (χ0v) is 19.8. The van der Waals surface area contributed by atoms with E-state index in [-0.39, 0.29) is 30.6 Å². The van der Waals surface area contributed by atoms with Gasteiger partial charge in [0.1, 0.15) is 5.75 Å². The number of nitrogens with zero attached hydrogens (tertiary/aromatic N) is 2. The minimum atomic E-state index is -0.490. The third kappa shape index (κ3) is 8.91. The Morgan fingerprint density at radius 3 is 2.52 bits per heavy atom. The summed E-state index contributed by atoms with van der Waals surface area (Å²) in [5, 5.41) is 4.07. The number of nitrogens with one attached hydrogen (secondary N) is 1. The van der Waals surface area contributed by atoms with Crippen LogP contribution in [0.2, 0.25) is 5.02 Å². The van der Waals surface area contributed by atoms with E-state index in [1.807, 2.05) is 62.5 Å². The van der Waals surface area contributed by atoms with Gasteiger partial charge in [-0.25, -0.2) is 0 Å². The van der Waals surface area contributed by atoms with Crippen LogP contribution < -0.4 is 15.8 Å². The smallest absolute Gasteiger partial charge is 0.255 e. The fourth-order valence-electron chi connectivity index (χ4n) is 2.62. The lowest BCUT2D eigenvalue weighted by atomic mass is 10.1. The van der Waals surface area contributed by atoms with Crippen molar-refractivity contribution >= 4 is 47.4 Å². The van der Waals surface area contributed by atoms with Crippen molar-refractivity contribution in [1.29, 1.82) is 0 Å². The van der Waals surface area contributed by atoms with Gasteiger partial charge in [0.25, 0.3) is 5.91 Å². The van der Waals surface area contributed by atoms with Crippen LogP contribution in [-0.4, -0.2) is 43.5 Å². The molecule has 0 saturated heterocycles. The molecule has 2 rings (SSSR count). The van der Waals surface area contributed by atoms with E-state index in [9.17, 15) is 4.79 Å². The van der Waals surface area contributed by atoms with E-state index in [1.54, 1.807) is 0 Å². The third-order valence-corrected chi connectivity index (χ3v) is 4.40.